The van der Waals surface area contributed by atoms with Gasteiger partial charge in [0.2, 0.25) is 0 Å². The lowest BCUT2D eigenvalue weighted by Gasteiger charge is -2.56. The number of cyclic esters (lactones) is 1. The number of rotatable bonds is 10. The topological polar surface area (TPSA) is 182 Å². The summed E-state index contributed by atoms with van der Waals surface area (Å²) in [4.78, 5) is 30.8. The van der Waals surface area contributed by atoms with Crippen LogP contribution in [-0.2, 0) is 44.9 Å². The van der Waals surface area contributed by atoms with Crippen molar-refractivity contribution in [2.24, 2.45) is 58.2 Å². The van der Waals surface area contributed by atoms with E-state index in [1.807, 2.05) is 32.2 Å². The maximum absolute atomic E-state index is 15.4. The van der Waals surface area contributed by atoms with Gasteiger partial charge in [-0.25, -0.2) is 9.59 Å². The number of allylic oxidation sites excluding steroid dienone is 5. The largest absolute Gasteiger partial charge is 0.508 e. The Labute approximate surface area is 508 Å². The van der Waals surface area contributed by atoms with Gasteiger partial charge in [0.05, 0.1) is 29.4 Å². The van der Waals surface area contributed by atoms with E-state index in [2.05, 4.69) is 119 Å². The molecule has 6 aliphatic heterocycles. The predicted octanol–water partition coefficient (Wildman–Crippen LogP) is 10.7. The number of β-amino-alcohol motifs (C(OH)–C–C–N with tert-alkyl or cyclic N) is 1. The Hall–Kier alpha value is -6.14. The first kappa shape index (κ1) is 58.9. The van der Waals surface area contributed by atoms with Gasteiger partial charge in [0.1, 0.15) is 17.3 Å². The predicted molar refractivity (Wildman–Crippen MR) is 334 cm³/mol. The number of hydrogen-bond donors (Lipinski definition) is 8. The highest BCUT2D eigenvalue weighted by Crippen LogP contribution is 2.72. The molecule has 5 aliphatic carbocycles. The van der Waals surface area contributed by atoms with Crippen LogP contribution in [0, 0.1) is 70.0 Å². The first-order chi connectivity index (χ1) is 41.8. The fourth-order valence-electron chi connectivity index (χ4n) is 18.1. The van der Waals surface area contributed by atoms with Crippen LogP contribution in [0.3, 0.4) is 0 Å². The summed E-state index contributed by atoms with van der Waals surface area (Å²) < 4.78 is 13.6. The Morgan fingerprint density at radius 1 is 0.860 bits per heavy atom. The fourth-order valence-corrected chi connectivity index (χ4v) is 18.1. The van der Waals surface area contributed by atoms with E-state index in [-0.39, 0.29) is 96.4 Å². The molecular weight excluding hydrogens is 1070 g/mol. The highest BCUT2D eigenvalue weighted by atomic mass is 16.6. The Morgan fingerprint density at radius 3 is 2.56 bits per heavy atom. The fraction of sp³-hybridized carbons (Fsp3) is 0.514. The van der Waals surface area contributed by atoms with Crippen LogP contribution < -0.4 is 21.3 Å². The van der Waals surface area contributed by atoms with Crippen LogP contribution >= 0.6 is 0 Å². The molecule has 15 rings (SSSR count). The zero-order chi connectivity index (χ0) is 59.3. The molecule has 0 aromatic heterocycles. The van der Waals surface area contributed by atoms with Gasteiger partial charge >= 0.3 is 11.9 Å². The molecule has 1 spiro atoms. The van der Waals surface area contributed by atoms with Gasteiger partial charge in [-0.2, -0.15) is 0 Å². The quantitative estimate of drug-likeness (QED) is 0.0557. The van der Waals surface area contributed by atoms with Crippen molar-refractivity contribution in [3.63, 3.8) is 0 Å². The van der Waals surface area contributed by atoms with Gasteiger partial charge in [-0.1, -0.05) is 91.6 Å². The second-order valence-electron chi connectivity index (χ2n) is 27.3. The number of phenols is 1. The van der Waals surface area contributed by atoms with Crippen molar-refractivity contribution in [1.29, 1.82) is 0 Å². The molecule has 11 aliphatic rings. The number of hydrogen-bond acceptors (Lipinski definition) is 12. The highest BCUT2D eigenvalue weighted by molar-refractivity contribution is 6.07. The van der Waals surface area contributed by atoms with Gasteiger partial charge < -0.3 is 51.2 Å². The van der Waals surface area contributed by atoms with Crippen molar-refractivity contribution in [3.8, 4) is 28.7 Å². The average Bonchev–Trinajstić information content (AvgIpc) is 1.38. The number of benzene rings is 4. The molecule has 6 heterocycles. The number of aliphatic hydroxyl groups is 3. The van der Waals surface area contributed by atoms with Crippen molar-refractivity contribution in [1.82, 2.24) is 21.3 Å². The van der Waals surface area contributed by atoms with Crippen LogP contribution in [0.2, 0.25) is 0 Å². The molecule has 0 amide bonds. The summed E-state index contributed by atoms with van der Waals surface area (Å²) in [7, 11) is 2.03. The molecule has 2 saturated carbocycles. The Bertz CT molecular complexity index is 3440. The summed E-state index contributed by atoms with van der Waals surface area (Å²) in [5, 5.41) is 60.2. The van der Waals surface area contributed by atoms with E-state index < -0.39 is 11.0 Å². The first-order valence-corrected chi connectivity index (χ1v) is 32.5. The maximum atomic E-state index is 15.4. The zero-order valence-corrected chi connectivity index (χ0v) is 50.6. The van der Waals surface area contributed by atoms with Crippen molar-refractivity contribution < 1.29 is 39.5 Å². The number of carbonyl (C=O) groups is 2. The van der Waals surface area contributed by atoms with Crippen molar-refractivity contribution in [2.45, 2.75) is 141 Å². The van der Waals surface area contributed by atoms with E-state index >= 15 is 9.59 Å². The van der Waals surface area contributed by atoms with Gasteiger partial charge in [-0.15, -0.1) is 0 Å². The number of ether oxygens (including phenoxy) is 2. The van der Waals surface area contributed by atoms with Crippen LogP contribution in [0.4, 0.5) is 0 Å². The second-order valence-corrected chi connectivity index (χ2v) is 27.3. The SMILES string of the molecule is CCC(C=C1OC(=O)C2=C3c4cc(O)ccc4-c4cccc(c4)CNCCc4ccc(CCCO)c(c4)C4NCC(C)(O)CC#CC(CO)CC5CC(C6CCNC(NC)C6)(CC=C6OC(=O)C7=C6CCC6C3CCC12C76)CC54)Cc1ccccc1. The molecule has 4 fully saturated rings. The molecule has 2 saturated heterocycles. The van der Waals surface area contributed by atoms with Crippen molar-refractivity contribution in [3.05, 3.63) is 165 Å². The smallest absolute Gasteiger partial charge is 0.340 e. The van der Waals surface area contributed by atoms with Gasteiger partial charge in [0.15, 0.2) is 0 Å². The van der Waals surface area contributed by atoms with E-state index in [4.69, 9.17) is 9.47 Å². The first-order valence-electron chi connectivity index (χ1n) is 32.5. The van der Waals surface area contributed by atoms with E-state index in [9.17, 15) is 20.4 Å². The summed E-state index contributed by atoms with van der Waals surface area (Å²) in [5.41, 5.74) is 9.64. The normalized spacial score (nSPS) is 33.2. The van der Waals surface area contributed by atoms with E-state index in [0.29, 0.717) is 80.2 Å². The number of fused-ring (bicyclic) bond motifs is 5. The molecule has 4 aromatic carbocycles. The summed E-state index contributed by atoms with van der Waals surface area (Å²) in [6, 6.07) is 31.5. The van der Waals surface area contributed by atoms with E-state index in [0.717, 1.165) is 104 Å². The Balaban J connectivity index is 1.00. The minimum Gasteiger partial charge on any atom is -0.508 e. The van der Waals surface area contributed by atoms with Crippen molar-refractivity contribution >= 4 is 17.5 Å². The molecule has 12 heteroatoms. The monoisotopic (exact) mass is 1160 g/mol. The number of aliphatic hydroxyl groups excluding tert-OH is 2. The number of aryl methyl sites for hydroxylation is 1. The zero-order valence-electron chi connectivity index (χ0n) is 50.6. The minimum absolute atomic E-state index is 0.00357. The number of esters is 2. The lowest BCUT2D eigenvalue weighted by Crippen LogP contribution is -2.52. The summed E-state index contributed by atoms with van der Waals surface area (Å²) in [6.45, 7) is 6.62. The third-order valence-electron chi connectivity index (χ3n) is 22.1. The standard InChI is InChI=1S/C74H88N4O8/c1-4-45(33-46-11-6-5-7-12-46)37-63-74-29-23-56-57-21-22-58-62(85-70(82)66(58)67(57)74)24-28-73(53-26-31-77-64(38-53)75-3)40-52-35-49(43-80)14-9-27-72(2,84)44-78-69(61(52)41-73)59-36-47(17-18-50(59)16-10-32-79)25-30-76-42-48-13-8-15-51(34-48)55-20-19-54(81)39-60(55)65(56)68(74)71(83)86-63/h5-8,11-13,15,17-20,24,34,36-37,39,45,49,52-53,56-57,61,64,67,69,75-81,84H,4,10,16,21-23,25-33,35,38,40-44H2,1-3H3. The molecular formula is C74H88N4O8. The van der Waals surface area contributed by atoms with Gasteiger partial charge in [0, 0.05) is 55.1 Å². The van der Waals surface area contributed by atoms with Gasteiger partial charge in [0.25, 0.3) is 0 Å². The molecule has 8 N–H and O–H groups in total. The molecule has 4 aromatic rings. The maximum Gasteiger partial charge on any atom is 0.340 e. The summed E-state index contributed by atoms with van der Waals surface area (Å²) in [6.07, 6.45) is 16.6. The van der Waals surface area contributed by atoms with E-state index in [1.165, 1.54) is 22.3 Å². The highest BCUT2D eigenvalue weighted by Gasteiger charge is 2.69. The second kappa shape index (κ2) is 24.4. The van der Waals surface area contributed by atoms with Crippen LogP contribution in [0.15, 0.2) is 131 Å². The molecule has 14 bridgehead atoms. The number of aromatic hydroxyl groups is 1. The van der Waals surface area contributed by atoms with E-state index in [1.54, 1.807) is 6.07 Å². The van der Waals surface area contributed by atoms with Gasteiger partial charge in [-0.05, 0) is 245 Å². The van der Waals surface area contributed by atoms with Crippen LogP contribution in [-0.4, -0.2) is 84.0 Å². The van der Waals surface area contributed by atoms with Gasteiger partial charge in [-0.3, -0.25) is 0 Å². The molecule has 13 atom stereocenters. The summed E-state index contributed by atoms with van der Waals surface area (Å²) >= 11 is 0. The lowest BCUT2D eigenvalue weighted by atomic mass is 9.44. The number of piperidine rings is 1. The molecule has 86 heavy (non-hydrogen) atoms. The Kier molecular flexibility index (Phi) is 16.7. The molecule has 12 nitrogen and oxygen atoms in total. The van der Waals surface area contributed by atoms with Crippen LogP contribution in [0.1, 0.15) is 137 Å². The third-order valence-corrected chi connectivity index (χ3v) is 22.1. The molecule has 0 radical (unpaired) electrons. The Morgan fingerprint density at radius 2 is 1.73 bits per heavy atom. The number of nitrogens with one attached hydrogen (secondary N) is 4. The lowest BCUT2D eigenvalue weighted by molar-refractivity contribution is -0.135. The van der Waals surface area contributed by atoms with Crippen LogP contribution in [0.5, 0.6) is 5.75 Å². The third kappa shape index (κ3) is 11.0. The minimum atomic E-state index is -1.13. The average molecular weight is 1160 g/mol. The molecule has 13 unspecified atom stereocenters. The summed E-state index contributed by atoms with van der Waals surface area (Å²) in [5.74, 6) is 7.41. The van der Waals surface area contributed by atoms with Crippen LogP contribution in [0.25, 0.3) is 16.7 Å². The van der Waals surface area contributed by atoms with Crippen molar-refractivity contribution in [2.75, 3.05) is 39.9 Å². The number of phenolic OH excluding ortho intramolecular Hbond substituents is 1. The molecule has 452 valence electrons. The number of carbonyl (C=O) groups excluding carboxylic acids is 2.